The molecule has 3 N–H and O–H groups in total. The number of hydrogen-bond donors (Lipinski definition) is 2. The molecule has 0 unspecified atom stereocenters. The minimum Gasteiger partial charge on any atom is -0.361 e. The maximum absolute atomic E-state index is 13.3. The van der Waals surface area contributed by atoms with Gasteiger partial charge in [-0.1, -0.05) is 30.3 Å². The largest absolute Gasteiger partial charge is 0.379 e. The predicted molar refractivity (Wildman–Crippen MR) is 106 cm³/mol. The van der Waals surface area contributed by atoms with Crippen molar-refractivity contribution in [2.75, 3.05) is 10.7 Å². The lowest BCUT2D eigenvalue weighted by molar-refractivity contribution is -0.860. The molecule has 11 nitrogen and oxygen atoms in total. The van der Waals surface area contributed by atoms with Crippen molar-refractivity contribution in [3.63, 3.8) is 0 Å². The smallest absolute Gasteiger partial charge is 0.361 e. The van der Waals surface area contributed by atoms with Gasteiger partial charge >= 0.3 is 11.6 Å². The zero-order valence-electron chi connectivity index (χ0n) is 15.9. The molecule has 2 aromatic heterocycles. The van der Waals surface area contributed by atoms with Crippen LogP contribution in [0.3, 0.4) is 0 Å². The van der Waals surface area contributed by atoms with Crippen molar-refractivity contribution in [2.24, 2.45) is 5.10 Å². The van der Waals surface area contributed by atoms with Crippen LogP contribution in [0.25, 0.3) is 5.82 Å². The maximum Gasteiger partial charge on any atom is 0.379 e. The van der Waals surface area contributed by atoms with Crippen LogP contribution < -0.4 is 21.0 Å². The minimum absolute atomic E-state index is 0.0594. The third kappa shape index (κ3) is 3.25. The van der Waals surface area contributed by atoms with Crippen molar-refractivity contribution < 1.29 is 18.7 Å². The first-order valence-electron chi connectivity index (χ1n) is 9.16. The van der Waals surface area contributed by atoms with E-state index >= 15 is 0 Å². The number of nitrogens with one attached hydrogen (secondary N) is 1. The maximum atomic E-state index is 13.3. The summed E-state index contributed by atoms with van der Waals surface area (Å²) in [5.41, 5.74) is 10.2. The monoisotopic (exact) mass is 420 g/mol. The number of carbonyl (C=O) groups excluding carboxylic acids is 1. The van der Waals surface area contributed by atoms with Crippen molar-refractivity contribution >= 4 is 23.6 Å². The molecule has 1 aliphatic heterocycles. The normalized spacial score (nSPS) is 12.6. The summed E-state index contributed by atoms with van der Waals surface area (Å²) in [6, 6.07) is 15.2. The van der Waals surface area contributed by atoms with E-state index in [1.165, 1.54) is 27.9 Å². The zero-order valence-corrected chi connectivity index (χ0v) is 15.9. The van der Waals surface area contributed by atoms with E-state index in [9.17, 15) is 9.18 Å². The summed E-state index contributed by atoms with van der Waals surface area (Å²) in [6.45, 7) is 0.208. The van der Waals surface area contributed by atoms with E-state index in [0.29, 0.717) is 17.1 Å². The highest BCUT2D eigenvalue weighted by molar-refractivity contribution is 5.94. The topological polar surface area (TPSA) is 131 Å². The highest BCUT2D eigenvalue weighted by Gasteiger charge is 2.40. The molecule has 0 aliphatic carbocycles. The molecule has 0 atom stereocenters. The number of hydrazone groups is 1. The van der Waals surface area contributed by atoms with Gasteiger partial charge in [0.15, 0.2) is 11.4 Å². The predicted octanol–water partition coefficient (Wildman–Crippen LogP) is 0.811. The summed E-state index contributed by atoms with van der Waals surface area (Å²) in [7, 11) is 0. The number of anilines is 2. The number of para-hydroxylation sites is 1. The van der Waals surface area contributed by atoms with E-state index in [1.807, 2.05) is 30.3 Å². The minimum atomic E-state index is -0.578. The number of aromatic nitrogens is 5. The second-order valence-corrected chi connectivity index (χ2v) is 6.60. The Balaban J connectivity index is 1.46. The second-order valence-electron chi connectivity index (χ2n) is 6.60. The van der Waals surface area contributed by atoms with Gasteiger partial charge in [-0.3, -0.25) is 4.79 Å². The van der Waals surface area contributed by atoms with Crippen LogP contribution in [0.1, 0.15) is 21.7 Å². The fourth-order valence-electron chi connectivity index (χ4n) is 3.21. The van der Waals surface area contributed by atoms with Crippen LogP contribution >= 0.6 is 0 Å². The lowest BCUT2D eigenvalue weighted by atomic mass is 10.2. The molecular weight excluding hydrogens is 405 g/mol. The van der Waals surface area contributed by atoms with Gasteiger partial charge in [0, 0.05) is 10.1 Å². The number of hydrogen-bond acceptors (Lipinski definition) is 8. The number of benzene rings is 2. The van der Waals surface area contributed by atoms with Crippen LogP contribution in [0.15, 0.2) is 64.3 Å². The van der Waals surface area contributed by atoms with Gasteiger partial charge < -0.3 is 5.73 Å². The molecule has 0 radical (unpaired) electrons. The quantitative estimate of drug-likeness (QED) is 0.284. The van der Waals surface area contributed by atoms with Crippen LogP contribution in [-0.4, -0.2) is 32.3 Å². The van der Waals surface area contributed by atoms with Gasteiger partial charge in [0.05, 0.1) is 11.9 Å². The number of fused-ring (bicyclic) bond motifs is 3. The van der Waals surface area contributed by atoms with Crippen molar-refractivity contribution in [1.82, 2.24) is 25.6 Å². The molecule has 2 aromatic carbocycles. The fraction of sp³-hybridized carbons (Fsp3) is 0.0526. The molecule has 3 heterocycles. The van der Waals surface area contributed by atoms with Crippen LogP contribution in [0.5, 0.6) is 0 Å². The van der Waals surface area contributed by atoms with E-state index in [-0.39, 0.29) is 18.1 Å². The van der Waals surface area contributed by atoms with Crippen molar-refractivity contribution in [3.8, 4) is 5.82 Å². The molecule has 0 saturated heterocycles. The molecule has 1 aliphatic rings. The molecule has 154 valence electrons. The Kier molecular flexibility index (Phi) is 4.36. The molecule has 0 saturated carbocycles. The number of nitrogen functional groups attached to an aromatic ring is 1. The van der Waals surface area contributed by atoms with Crippen molar-refractivity contribution in [3.05, 3.63) is 77.4 Å². The van der Waals surface area contributed by atoms with Crippen molar-refractivity contribution in [1.29, 1.82) is 0 Å². The molecule has 31 heavy (non-hydrogen) atoms. The van der Waals surface area contributed by atoms with Gasteiger partial charge in [0.2, 0.25) is 0 Å². The van der Waals surface area contributed by atoms with Crippen LogP contribution in [0.4, 0.5) is 15.9 Å². The molecule has 12 heteroatoms. The molecule has 5 rings (SSSR count). The number of carbonyl (C=O) groups is 1. The van der Waals surface area contributed by atoms with Gasteiger partial charge in [-0.15, -0.1) is 14.4 Å². The van der Waals surface area contributed by atoms with E-state index in [2.05, 4.69) is 26.0 Å². The fourth-order valence-corrected chi connectivity index (χ4v) is 3.21. The van der Waals surface area contributed by atoms with Gasteiger partial charge in [0.1, 0.15) is 17.5 Å². The van der Waals surface area contributed by atoms with E-state index in [1.54, 1.807) is 17.1 Å². The van der Waals surface area contributed by atoms with Gasteiger partial charge in [-0.05, 0) is 29.8 Å². The number of nitrogens with two attached hydrogens (primary N) is 1. The third-order valence-electron chi connectivity index (χ3n) is 4.61. The molecule has 4 aromatic rings. The Morgan fingerprint density at radius 1 is 1.26 bits per heavy atom. The lowest BCUT2D eigenvalue weighted by Gasteiger charge is -2.22. The molecule has 0 bridgehead atoms. The van der Waals surface area contributed by atoms with E-state index < -0.39 is 11.7 Å². The number of rotatable bonds is 4. The first kappa shape index (κ1) is 18.4. The van der Waals surface area contributed by atoms with Crippen molar-refractivity contribution in [2.45, 2.75) is 6.54 Å². The first-order chi connectivity index (χ1) is 15.1. The first-order valence-corrected chi connectivity index (χ1v) is 9.16. The van der Waals surface area contributed by atoms with Gasteiger partial charge in [-0.25, -0.2) is 9.82 Å². The highest BCUT2D eigenvalue weighted by atomic mass is 19.1. The lowest BCUT2D eigenvalue weighted by Crippen LogP contribution is -2.58. The zero-order chi connectivity index (χ0) is 21.4. The van der Waals surface area contributed by atoms with Crippen LogP contribution in [0, 0.1) is 5.82 Å². The van der Waals surface area contributed by atoms with Gasteiger partial charge in [-0.2, -0.15) is 10.1 Å². The number of nitrogens with zero attached hydrogens (tertiary/aromatic N) is 7. The van der Waals surface area contributed by atoms with E-state index in [4.69, 9.17) is 10.4 Å². The Labute approximate surface area is 174 Å². The number of amides is 1. The Bertz CT molecular complexity index is 1300. The second kappa shape index (κ2) is 7.33. The number of halogens is 1. The highest BCUT2D eigenvalue weighted by Crippen LogP contribution is 2.24. The average Bonchev–Trinajstić information content (AvgIpc) is 3.37. The SMILES string of the molecule is Nc1no[n+]2c1-n1nnc(C(=O)NN=Cc3cccc(F)c3)c1CN2c1ccccc1. The van der Waals surface area contributed by atoms with Crippen LogP contribution in [-0.2, 0) is 6.54 Å². The Morgan fingerprint density at radius 2 is 2.10 bits per heavy atom. The molecule has 0 spiro atoms. The Hall–Kier alpha value is -4.61. The standard InChI is InChI=1S/C19H14FN9O2/c20-13-6-4-5-12(9-13)10-22-24-18(30)16-15-11-27(14-7-2-1-3-8-14)29-19(17(21)25-31-29)28(15)26-23-16/h1-10H,11H2,(H2-,21,24,25,30)/p+1. The average molecular weight is 420 g/mol. The summed E-state index contributed by atoms with van der Waals surface area (Å²) in [6.07, 6.45) is 1.33. The summed E-state index contributed by atoms with van der Waals surface area (Å²) < 4.78 is 20.0. The molecule has 0 fully saturated rings. The van der Waals surface area contributed by atoms with E-state index in [0.717, 1.165) is 5.69 Å². The summed E-state index contributed by atoms with van der Waals surface area (Å²) in [5.74, 6) is -0.573. The van der Waals surface area contributed by atoms with Crippen LogP contribution in [0.2, 0.25) is 0 Å². The molecular formula is C19H15FN9O2+. The Morgan fingerprint density at radius 3 is 2.90 bits per heavy atom. The van der Waals surface area contributed by atoms with Gasteiger partial charge in [0.25, 0.3) is 5.91 Å². The summed E-state index contributed by atoms with van der Waals surface area (Å²) in [5, 5.41) is 17.4. The summed E-state index contributed by atoms with van der Waals surface area (Å²) in [4.78, 5) is 14.1. The summed E-state index contributed by atoms with van der Waals surface area (Å²) >= 11 is 0. The molecule has 1 amide bonds. The third-order valence-corrected chi connectivity index (χ3v) is 4.61.